The van der Waals surface area contributed by atoms with Crippen LogP contribution in [0.1, 0.15) is 77.0 Å². The second kappa shape index (κ2) is 19.2. The average Bonchev–Trinajstić information content (AvgIpc) is 2.49. The molecular formula is C22H42IN. The van der Waals surface area contributed by atoms with Crippen LogP contribution in [-0.4, -0.2) is 32.2 Å². The van der Waals surface area contributed by atoms with Crippen molar-refractivity contribution in [3.05, 3.63) is 37.0 Å². The maximum Gasteiger partial charge on any atom is 0.0780 e. The number of nitrogens with zero attached hydrogens (tertiary/aromatic N) is 1. The number of quaternary nitrogens is 1. The van der Waals surface area contributed by atoms with Gasteiger partial charge in [-0.1, -0.05) is 30.4 Å². The first-order chi connectivity index (χ1) is 11.1. The second-order valence-corrected chi connectivity index (χ2v) is 7.66. The van der Waals surface area contributed by atoms with Crippen LogP contribution in [0.3, 0.4) is 0 Å². The van der Waals surface area contributed by atoms with Gasteiger partial charge in [-0.3, -0.25) is 0 Å². The summed E-state index contributed by atoms with van der Waals surface area (Å²) in [6.45, 7) is 5.05. The van der Waals surface area contributed by atoms with Crippen molar-refractivity contribution < 1.29 is 28.5 Å². The lowest BCUT2D eigenvalue weighted by Crippen LogP contribution is -3.00. The van der Waals surface area contributed by atoms with Gasteiger partial charge in [0.1, 0.15) is 0 Å². The third kappa shape index (κ3) is 24.2. The Bertz CT molecular complexity index is 312. The van der Waals surface area contributed by atoms with Crippen molar-refractivity contribution in [1.29, 1.82) is 0 Å². The van der Waals surface area contributed by atoms with Crippen molar-refractivity contribution >= 4 is 0 Å². The van der Waals surface area contributed by atoms with E-state index in [0.29, 0.717) is 0 Å². The van der Waals surface area contributed by atoms with Crippen LogP contribution in [0, 0.1) is 0 Å². The Labute approximate surface area is 169 Å². The Morgan fingerprint density at radius 1 is 0.583 bits per heavy atom. The molecule has 0 fully saturated rings. The van der Waals surface area contributed by atoms with E-state index < -0.39 is 0 Å². The van der Waals surface area contributed by atoms with Crippen molar-refractivity contribution in [3.8, 4) is 0 Å². The normalized spacial score (nSPS) is 12.0. The summed E-state index contributed by atoms with van der Waals surface area (Å²) in [7, 11) is 6.83. The van der Waals surface area contributed by atoms with Crippen molar-refractivity contribution in [2.24, 2.45) is 0 Å². The monoisotopic (exact) mass is 447 g/mol. The Balaban J connectivity index is 0. The zero-order valence-corrected chi connectivity index (χ0v) is 18.8. The lowest BCUT2D eigenvalue weighted by molar-refractivity contribution is -0.870. The first-order valence-electron chi connectivity index (χ1n) is 9.77. The molecule has 0 aliphatic rings. The van der Waals surface area contributed by atoms with E-state index >= 15 is 0 Å². The maximum atomic E-state index is 3.75. The third-order valence-corrected chi connectivity index (χ3v) is 4.05. The molecule has 0 N–H and O–H groups in total. The van der Waals surface area contributed by atoms with Crippen LogP contribution in [0.15, 0.2) is 37.0 Å². The molecule has 24 heavy (non-hydrogen) atoms. The number of allylic oxidation sites excluding steroid dienone is 5. The molecule has 0 aromatic rings. The number of unbranched alkanes of at least 4 members (excludes halogenated alkanes) is 9. The Morgan fingerprint density at radius 2 is 0.958 bits per heavy atom. The van der Waals surface area contributed by atoms with E-state index in [2.05, 4.69) is 52.0 Å². The molecule has 0 atom stereocenters. The zero-order valence-electron chi connectivity index (χ0n) is 16.6. The van der Waals surface area contributed by atoms with E-state index in [1.807, 2.05) is 6.08 Å². The highest BCUT2D eigenvalue weighted by Crippen LogP contribution is 2.07. The van der Waals surface area contributed by atoms with Gasteiger partial charge in [0.25, 0.3) is 0 Å². The summed E-state index contributed by atoms with van der Waals surface area (Å²) in [4.78, 5) is 0. The van der Waals surface area contributed by atoms with E-state index in [4.69, 9.17) is 0 Å². The predicted molar refractivity (Wildman–Crippen MR) is 107 cm³/mol. The third-order valence-electron chi connectivity index (χ3n) is 4.05. The molecule has 2 heteroatoms. The molecule has 0 unspecified atom stereocenters. The first-order valence-corrected chi connectivity index (χ1v) is 9.77. The molecule has 0 saturated heterocycles. The number of hydrogen-bond donors (Lipinski definition) is 0. The van der Waals surface area contributed by atoms with Crippen molar-refractivity contribution in [2.75, 3.05) is 27.7 Å². The highest BCUT2D eigenvalue weighted by molar-refractivity contribution is 4.84. The molecule has 0 heterocycles. The number of halogens is 1. The summed E-state index contributed by atoms with van der Waals surface area (Å²) in [6.07, 6.45) is 27.0. The van der Waals surface area contributed by atoms with Gasteiger partial charge in [-0.15, -0.1) is 6.58 Å². The van der Waals surface area contributed by atoms with Gasteiger partial charge >= 0.3 is 0 Å². The van der Waals surface area contributed by atoms with Crippen LogP contribution in [0.2, 0.25) is 0 Å². The molecule has 0 rings (SSSR count). The molecule has 0 spiro atoms. The van der Waals surface area contributed by atoms with Crippen molar-refractivity contribution in [1.82, 2.24) is 0 Å². The molecule has 142 valence electrons. The molecule has 0 aliphatic heterocycles. The summed E-state index contributed by atoms with van der Waals surface area (Å²) in [5.74, 6) is 0. The smallest absolute Gasteiger partial charge is 0.0780 e. The lowest BCUT2D eigenvalue weighted by atomic mass is 10.1. The summed E-state index contributed by atoms with van der Waals surface area (Å²) in [5, 5.41) is 0. The quantitative estimate of drug-likeness (QED) is 0.147. The number of hydrogen-bond acceptors (Lipinski definition) is 0. The van der Waals surface area contributed by atoms with Crippen molar-refractivity contribution in [2.45, 2.75) is 77.0 Å². The van der Waals surface area contributed by atoms with E-state index in [1.54, 1.807) is 0 Å². The minimum Gasteiger partial charge on any atom is -1.00 e. The molecule has 0 amide bonds. The molecule has 1 nitrogen and oxygen atoms in total. The number of rotatable bonds is 16. The van der Waals surface area contributed by atoms with Gasteiger partial charge in [0.05, 0.1) is 27.7 Å². The summed E-state index contributed by atoms with van der Waals surface area (Å²) in [5.41, 5.74) is 0. The van der Waals surface area contributed by atoms with E-state index in [1.165, 1.54) is 77.2 Å². The molecule has 0 aliphatic carbocycles. The first kappa shape index (κ1) is 26.1. The van der Waals surface area contributed by atoms with Crippen LogP contribution < -0.4 is 24.0 Å². The molecule has 0 aromatic carbocycles. The summed E-state index contributed by atoms with van der Waals surface area (Å²) < 4.78 is 1.10. The fourth-order valence-corrected chi connectivity index (χ4v) is 2.57. The van der Waals surface area contributed by atoms with E-state index in [-0.39, 0.29) is 24.0 Å². The average molecular weight is 447 g/mol. The topological polar surface area (TPSA) is 0 Å². The maximum absolute atomic E-state index is 3.75. The molecule has 0 saturated carbocycles. The second-order valence-electron chi connectivity index (χ2n) is 7.66. The van der Waals surface area contributed by atoms with Gasteiger partial charge in [-0.25, -0.2) is 0 Å². The van der Waals surface area contributed by atoms with Crippen LogP contribution >= 0.6 is 0 Å². The minimum absolute atomic E-state index is 0. The zero-order chi connectivity index (χ0) is 17.2. The van der Waals surface area contributed by atoms with Gasteiger partial charge in [-0.05, 0) is 77.0 Å². The van der Waals surface area contributed by atoms with Gasteiger partial charge in [0.2, 0.25) is 0 Å². The predicted octanol–water partition coefficient (Wildman–Crippen LogP) is 3.68. The SMILES string of the molecule is C=CCCCCC=CCCCCC=CCCCCC[N+](C)(C)C.[I-]. The van der Waals surface area contributed by atoms with Gasteiger partial charge in [-0.2, -0.15) is 0 Å². The highest BCUT2D eigenvalue weighted by Gasteiger charge is 2.04. The lowest BCUT2D eigenvalue weighted by Gasteiger charge is -2.23. The van der Waals surface area contributed by atoms with Crippen LogP contribution in [0.4, 0.5) is 0 Å². The van der Waals surface area contributed by atoms with Crippen LogP contribution in [0.5, 0.6) is 0 Å². The van der Waals surface area contributed by atoms with Gasteiger partial charge in [0.15, 0.2) is 0 Å². The minimum atomic E-state index is 0. The molecular weight excluding hydrogens is 405 g/mol. The van der Waals surface area contributed by atoms with E-state index in [0.717, 1.165) is 10.9 Å². The fraction of sp³-hybridized carbons (Fsp3) is 0.727. The van der Waals surface area contributed by atoms with Crippen LogP contribution in [-0.2, 0) is 0 Å². The van der Waals surface area contributed by atoms with Gasteiger partial charge in [0, 0.05) is 0 Å². The molecule has 0 aromatic heterocycles. The van der Waals surface area contributed by atoms with Crippen molar-refractivity contribution in [3.63, 3.8) is 0 Å². The van der Waals surface area contributed by atoms with Crippen LogP contribution in [0.25, 0.3) is 0 Å². The van der Waals surface area contributed by atoms with E-state index in [9.17, 15) is 0 Å². The largest absolute Gasteiger partial charge is 1.00 e. The standard InChI is InChI=1S/C22H42N.HI/c1-5-6-7-8-9-10-11-12-13-14-15-16-17-18-19-20-21-22-23(2,3)4;/h5,10-11,16-17H,1,6-9,12-15,18-22H2,2-4H3;1H/q+1;/p-1. The summed E-state index contributed by atoms with van der Waals surface area (Å²) >= 11 is 0. The van der Waals surface area contributed by atoms with Gasteiger partial charge < -0.3 is 28.5 Å². The highest BCUT2D eigenvalue weighted by atomic mass is 127. The Kier molecular flexibility index (Phi) is 21.0. The molecule has 0 radical (unpaired) electrons. The fourth-order valence-electron chi connectivity index (χ4n) is 2.57. The Morgan fingerprint density at radius 3 is 1.33 bits per heavy atom. The molecule has 0 bridgehead atoms. The summed E-state index contributed by atoms with van der Waals surface area (Å²) in [6, 6.07) is 0. The Hall–Kier alpha value is -0.0900.